The van der Waals surface area contributed by atoms with E-state index in [4.69, 9.17) is 4.74 Å². The average molecular weight is 367 g/mol. The van der Waals surface area contributed by atoms with Gasteiger partial charge in [0.25, 0.3) is 11.1 Å². The first-order valence-corrected chi connectivity index (χ1v) is 8.70. The van der Waals surface area contributed by atoms with Crippen LogP contribution in [0.25, 0.3) is 10.8 Å². The minimum Gasteiger partial charge on any atom is -0.492 e. The van der Waals surface area contributed by atoms with Crippen molar-refractivity contribution in [1.29, 1.82) is 0 Å². The topological polar surface area (TPSA) is 84.4 Å². The van der Waals surface area contributed by atoms with E-state index in [1.54, 1.807) is 36.2 Å². The number of likely N-dealkylation sites (N-methyl/N-ethyl adjacent to an activating group) is 1. The number of hydrogen-bond donors (Lipinski definition) is 1. The van der Waals surface area contributed by atoms with E-state index in [-0.39, 0.29) is 30.0 Å². The number of hydrogen-bond acceptors (Lipinski definition) is 4. The minimum absolute atomic E-state index is 0.107. The molecule has 0 aliphatic carbocycles. The molecule has 27 heavy (non-hydrogen) atoms. The van der Waals surface area contributed by atoms with Gasteiger partial charge in [-0.2, -0.15) is 0 Å². The molecule has 1 N–H and O–H groups in total. The summed E-state index contributed by atoms with van der Waals surface area (Å²) in [6, 6.07) is 16.0. The molecular formula is C20H21N3O4. The summed E-state index contributed by atoms with van der Waals surface area (Å²) in [6.45, 7) is 0.914. The molecule has 0 bridgehead atoms. The Morgan fingerprint density at radius 1 is 1.04 bits per heavy atom. The van der Waals surface area contributed by atoms with E-state index in [2.05, 4.69) is 5.10 Å². The summed E-state index contributed by atoms with van der Waals surface area (Å²) < 4.78 is 6.77. The van der Waals surface area contributed by atoms with Crippen LogP contribution < -0.4 is 15.9 Å². The number of nitrogens with zero attached hydrogens (tertiary/aromatic N) is 2. The highest BCUT2D eigenvalue weighted by molar-refractivity contribution is 5.80. The molecule has 0 saturated carbocycles. The third-order valence-corrected chi connectivity index (χ3v) is 4.30. The lowest BCUT2D eigenvalue weighted by molar-refractivity contribution is -0.130. The lowest BCUT2D eigenvalue weighted by Gasteiger charge is -2.18. The van der Waals surface area contributed by atoms with Gasteiger partial charge < -0.3 is 9.64 Å². The van der Waals surface area contributed by atoms with Crippen molar-refractivity contribution in [3.8, 4) is 5.75 Å². The third-order valence-electron chi connectivity index (χ3n) is 4.30. The summed E-state index contributed by atoms with van der Waals surface area (Å²) in [4.78, 5) is 38.3. The number of para-hydroxylation sites is 1. The molecule has 7 nitrogen and oxygen atoms in total. The molecule has 0 unspecified atom stereocenters. The second kappa shape index (κ2) is 8.35. The number of amides is 1. The molecule has 3 rings (SSSR count). The Bertz CT molecular complexity index is 1040. The quantitative estimate of drug-likeness (QED) is 0.688. The Labute approximate surface area is 155 Å². The molecule has 0 radical (unpaired) electrons. The molecule has 1 heterocycles. The smallest absolute Gasteiger partial charge is 0.273 e. The summed E-state index contributed by atoms with van der Waals surface area (Å²) in [6.07, 6.45) is 0.107. The Hall–Kier alpha value is -3.35. The predicted molar refractivity (Wildman–Crippen MR) is 103 cm³/mol. The summed E-state index contributed by atoms with van der Waals surface area (Å²) in [5.74, 6) is 0.617. The number of nitrogens with one attached hydrogen (secondary N) is 1. The van der Waals surface area contributed by atoms with Gasteiger partial charge in [0.2, 0.25) is 5.91 Å². The number of benzene rings is 2. The van der Waals surface area contributed by atoms with Crippen molar-refractivity contribution >= 4 is 16.7 Å². The van der Waals surface area contributed by atoms with E-state index in [0.717, 1.165) is 5.75 Å². The van der Waals surface area contributed by atoms with Gasteiger partial charge in [-0.05, 0) is 24.3 Å². The molecule has 1 aromatic heterocycles. The van der Waals surface area contributed by atoms with Gasteiger partial charge in [-0.25, -0.2) is 4.68 Å². The number of fused-ring (bicyclic) bond motifs is 1. The fraction of sp³-hybridized carbons (Fsp3) is 0.250. The Balaban J connectivity index is 1.57. The monoisotopic (exact) mass is 367 g/mol. The van der Waals surface area contributed by atoms with E-state index in [9.17, 15) is 14.4 Å². The van der Waals surface area contributed by atoms with Crippen LogP contribution in [0.5, 0.6) is 5.75 Å². The SMILES string of the molecule is CN(CCOc1ccccc1)C(=O)CCn1[nH]c(=O)c2ccccc2c1=O. The first-order valence-electron chi connectivity index (χ1n) is 8.70. The predicted octanol–water partition coefficient (Wildman–Crippen LogP) is 1.62. The molecule has 0 aliphatic heterocycles. The molecule has 2 aromatic carbocycles. The van der Waals surface area contributed by atoms with E-state index in [1.165, 1.54) is 4.68 Å². The number of carbonyl (C=O) groups is 1. The van der Waals surface area contributed by atoms with Crippen LogP contribution in [0.2, 0.25) is 0 Å². The fourth-order valence-electron chi connectivity index (χ4n) is 2.74. The average Bonchev–Trinajstić information content (AvgIpc) is 2.70. The van der Waals surface area contributed by atoms with Crippen molar-refractivity contribution in [2.75, 3.05) is 20.2 Å². The van der Waals surface area contributed by atoms with Crippen LogP contribution in [0, 0.1) is 0 Å². The van der Waals surface area contributed by atoms with Gasteiger partial charge in [-0.1, -0.05) is 30.3 Å². The molecule has 0 aliphatic rings. The minimum atomic E-state index is -0.345. The zero-order valence-corrected chi connectivity index (χ0v) is 15.1. The van der Waals surface area contributed by atoms with Crippen LogP contribution in [0.15, 0.2) is 64.2 Å². The van der Waals surface area contributed by atoms with Crippen molar-refractivity contribution < 1.29 is 9.53 Å². The van der Waals surface area contributed by atoms with Crippen LogP contribution in [0.1, 0.15) is 6.42 Å². The molecular weight excluding hydrogens is 346 g/mol. The Kier molecular flexibility index (Phi) is 5.71. The second-order valence-electron chi connectivity index (χ2n) is 6.17. The maximum Gasteiger partial charge on any atom is 0.273 e. The van der Waals surface area contributed by atoms with Gasteiger partial charge in [0, 0.05) is 13.5 Å². The zero-order chi connectivity index (χ0) is 19.2. The van der Waals surface area contributed by atoms with Crippen LogP contribution in [-0.4, -0.2) is 40.8 Å². The van der Waals surface area contributed by atoms with E-state index < -0.39 is 0 Å². The van der Waals surface area contributed by atoms with E-state index in [1.807, 2.05) is 30.3 Å². The van der Waals surface area contributed by atoms with Crippen LogP contribution >= 0.6 is 0 Å². The summed E-state index contributed by atoms with van der Waals surface area (Å²) in [5.41, 5.74) is -0.657. The van der Waals surface area contributed by atoms with Crippen molar-refractivity contribution in [1.82, 2.24) is 14.7 Å². The van der Waals surface area contributed by atoms with Crippen molar-refractivity contribution in [3.63, 3.8) is 0 Å². The molecule has 0 spiro atoms. The maximum atomic E-state index is 12.4. The number of H-pyrrole nitrogens is 1. The lowest BCUT2D eigenvalue weighted by atomic mass is 10.2. The highest BCUT2D eigenvalue weighted by atomic mass is 16.5. The van der Waals surface area contributed by atoms with Crippen LogP contribution in [0.4, 0.5) is 0 Å². The van der Waals surface area contributed by atoms with Crippen molar-refractivity contribution in [2.24, 2.45) is 0 Å². The second-order valence-corrected chi connectivity index (χ2v) is 6.17. The van der Waals surface area contributed by atoms with Gasteiger partial charge in [0.05, 0.1) is 23.9 Å². The first kappa shape index (κ1) is 18.4. The summed E-state index contributed by atoms with van der Waals surface area (Å²) in [7, 11) is 1.68. The van der Waals surface area contributed by atoms with Crippen molar-refractivity contribution in [2.45, 2.75) is 13.0 Å². The number of ether oxygens (including phenoxy) is 1. The van der Waals surface area contributed by atoms with Crippen LogP contribution in [-0.2, 0) is 11.3 Å². The lowest BCUT2D eigenvalue weighted by Crippen LogP contribution is -2.34. The molecule has 7 heteroatoms. The maximum absolute atomic E-state index is 12.4. The molecule has 1 amide bonds. The normalized spacial score (nSPS) is 10.7. The molecule has 0 saturated heterocycles. The number of rotatable bonds is 7. The Morgan fingerprint density at radius 3 is 2.44 bits per heavy atom. The summed E-state index contributed by atoms with van der Waals surface area (Å²) >= 11 is 0. The third kappa shape index (κ3) is 4.44. The van der Waals surface area contributed by atoms with Crippen molar-refractivity contribution in [3.05, 3.63) is 75.3 Å². The fourth-order valence-corrected chi connectivity index (χ4v) is 2.74. The molecule has 3 aromatic rings. The highest BCUT2D eigenvalue weighted by Crippen LogP contribution is 2.08. The number of aromatic nitrogens is 2. The zero-order valence-electron chi connectivity index (χ0n) is 15.1. The Morgan fingerprint density at radius 2 is 1.70 bits per heavy atom. The highest BCUT2D eigenvalue weighted by Gasteiger charge is 2.11. The number of carbonyl (C=O) groups excluding carboxylic acids is 1. The van der Waals surface area contributed by atoms with Gasteiger partial charge in [-0.3, -0.25) is 19.5 Å². The number of aryl methyl sites for hydroxylation is 1. The van der Waals surface area contributed by atoms with Crippen LogP contribution in [0.3, 0.4) is 0 Å². The van der Waals surface area contributed by atoms with Gasteiger partial charge >= 0.3 is 0 Å². The number of aromatic amines is 1. The summed E-state index contributed by atoms with van der Waals surface area (Å²) in [5, 5.41) is 3.22. The van der Waals surface area contributed by atoms with Gasteiger partial charge in [0.1, 0.15) is 12.4 Å². The molecule has 140 valence electrons. The first-order chi connectivity index (χ1) is 13.1. The molecule has 0 fully saturated rings. The molecule has 0 atom stereocenters. The van der Waals surface area contributed by atoms with E-state index in [0.29, 0.717) is 23.9 Å². The van der Waals surface area contributed by atoms with Gasteiger partial charge in [0.15, 0.2) is 0 Å². The standard InChI is InChI=1S/C20H21N3O4/c1-22(13-14-27-15-7-3-2-4-8-15)18(24)11-12-23-20(26)17-10-6-5-9-16(17)19(25)21-23/h2-10H,11-14H2,1H3,(H,21,25). The van der Waals surface area contributed by atoms with E-state index >= 15 is 0 Å². The van der Waals surface area contributed by atoms with Gasteiger partial charge in [-0.15, -0.1) is 0 Å². The largest absolute Gasteiger partial charge is 0.492 e.